The summed E-state index contributed by atoms with van der Waals surface area (Å²) in [5, 5.41) is 6.00. The van der Waals surface area contributed by atoms with Crippen molar-refractivity contribution in [3.05, 3.63) is 47.0 Å². The maximum atomic E-state index is 11.2. The highest BCUT2D eigenvalue weighted by Gasteiger charge is 2.04. The Morgan fingerprint density at radius 3 is 2.76 bits per heavy atom. The number of benzene rings is 1. The number of rotatable bonds is 4. The van der Waals surface area contributed by atoms with E-state index in [0.717, 1.165) is 10.7 Å². The minimum Gasteiger partial charge on any atom is -0.465 e. The number of anilines is 1. The number of esters is 1. The van der Waals surface area contributed by atoms with Crippen LogP contribution in [0.1, 0.15) is 15.9 Å². The van der Waals surface area contributed by atoms with Gasteiger partial charge in [0.25, 0.3) is 0 Å². The van der Waals surface area contributed by atoms with Gasteiger partial charge in [0.05, 0.1) is 12.7 Å². The van der Waals surface area contributed by atoms with Crippen molar-refractivity contribution in [2.24, 2.45) is 0 Å². The molecule has 4 nitrogen and oxygen atoms in total. The monoisotopic (exact) mass is 248 g/mol. The fraction of sp³-hybridized carbons (Fsp3) is 0.167. The number of ether oxygens (including phenoxy) is 1. The molecule has 88 valence electrons. The predicted octanol–water partition coefficient (Wildman–Crippen LogP) is 2.54. The zero-order chi connectivity index (χ0) is 12.1. The van der Waals surface area contributed by atoms with Crippen LogP contribution in [0.25, 0.3) is 0 Å². The summed E-state index contributed by atoms with van der Waals surface area (Å²) in [6, 6.07) is 7.30. The van der Waals surface area contributed by atoms with E-state index in [1.807, 2.05) is 17.5 Å². The van der Waals surface area contributed by atoms with Gasteiger partial charge in [-0.2, -0.15) is 0 Å². The van der Waals surface area contributed by atoms with Crippen LogP contribution in [-0.2, 0) is 11.3 Å². The highest BCUT2D eigenvalue weighted by atomic mass is 32.1. The number of thiazole rings is 1. The molecule has 0 radical (unpaired) electrons. The van der Waals surface area contributed by atoms with Crippen LogP contribution >= 0.6 is 11.3 Å². The third kappa shape index (κ3) is 3.04. The molecule has 1 aromatic heterocycles. The lowest BCUT2D eigenvalue weighted by molar-refractivity contribution is 0.0600. The predicted molar refractivity (Wildman–Crippen MR) is 67.2 cm³/mol. The summed E-state index contributed by atoms with van der Waals surface area (Å²) in [5.41, 5.74) is 1.65. The molecule has 0 saturated carbocycles. The smallest absolute Gasteiger partial charge is 0.337 e. The molecule has 1 heterocycles. The number of nitrogens with zero attached hydrogens (tertiary/aromatic N) is 1. The maximum absolute atomic E-state index is 11.2. The molecule has 0 fully saturated rings. The highest BCUT2D eigenvalue weighted by Crippen LogP contribution is 2.12. The van der Waals surface area contributed by atoms with Gasteiger partial charge >= 0.3 is 5.97 Å². The lowest BCUT2D eigenvalue weighted by atomic mass is 10.1. The molecule has 2 aromatic rings. The average molecular weight is 248 g/mol. The molecular formula is C12H12N2O2S. The van der Waals surface area contributed by atoms with Crippen LogP contribution in [0.15, 0.2) is 35.8 Å². The molecule has 0 spiro atoms. The van der Waals surface area contributed by atoms with Crippen LogP contribution in [0.5, 0.6) is 0 Å². The molecule has 17 heavy (non-hydrogen) atoms. The van der Waals surface area contributed by atoms with Crippen molar-refractivity contribution in [2.45, 2.75) is 6.54 Å². The average Bonchev–Trinajstić information content (AvgIpc) is 2.89. The molecular weight excluding hydrogens is 236 g/mol. The Morgan fingerprint density at radius 2 is 2.18 bits per heavy atom. The van der Waals surface area contributed by atoms with Crippen molar-refractivity contribution < 1.29 is 9.53 Å². The lowest BCUT2D eigenvalue weighted by Crippen LogP contribution is -2.02. The molecule has 0 bridgehead atoms. The molecule has 0 aliphatic carbocycles. The van der Waals surface area contributed by atoms with Crippen molar-refractivity contribution >= 4 is 22.4 Å². The van der Waals surface area contributed by atoms with E-state index in [-0.39, 0.29) is 5.97 Å². The van der Waals surface area contributed by atoms with Crippen molar-refractivity contribution in [2.75, 3.05) is 12.4 Å². The fourth-order valence-corrected chi connectivity index (χ4v) is 1.89. The van der Waals surface area contributed by atoms with E-state index in [0.29, 0.717) is 12.1 Å². The first-order chi connectivity index (χ1) is 8.29. The topological polar surface area (TPSA) is 51.2 Å². The molecule has 1 aromatic carbocycles. The first kappa shape index (κ1) is 11.6. The Bertz CT molecular complexity index is 480. The third-order valence-corrected chi connectivity index (χ3v) is 2.98. The Balaban J connectivity index is 1.96. The van der Waals surface area contributed by atoms with Crippen molar-refractivity contribution in [3.8, 4) is 0 Å². The first-order valence-electron chi connectivity index (χ1n) is 5.10. The second kappa shape index (κ2) is 5.45. The molecule has 0 aliphatic rings. The third-order valence-electron chi connectivity index (χ3n) is 2.25. The van der Waals surface area contributed by atoms with Crippen LogP contribution in [-0.4, -0.2) is 18.1 Å². The summed E-state index contributed by atoms with van der Waals surface area (Å²) in [5.74, 6) is -0.315. The zero-order valence-corrected chi connectivity index (χ0v) is 10.2. The van der Waals surface area contributed by atoms with Crippen LogP contribution < -0.4 is 5.32 Å². The normalized spacial score (nSPS) is 9.94. The minimum atomic E-state index is -0.315. The number of methoxy groups -OCH3 is 1. The largest absolute Gasteiger partial charge is 0.465 e. The maximum Gasteiger partial charge on any atom is 0.337 e. The first-order valence-corrected chi connectivity index (χ1v) is 5.98. The van der Waals surface area contributed by atoms with Crippen LogP contribution in [0.4, 0.5) is 5.13 Å². The zero-order valence-electron chi connectivity index (χ0n) is 9.34. The summed E-state index contributed by atoms with van der Waals surface area (Å²) >= 11 is 1.56. The van der Waals surface area contributed by atoms with E-state index in [4.69, 9.17) is 0 Å². The molecule has 0 saturated heterocycles. The van der Waals surface area contributed by atoms with E-state index < -0.39 is 0 Å². The second-order valence-electron chi connectivity index (χ2n) is 3.38. The van der Waals surface area contributed by atoms with Gasteiger partial charge in [0.1, 0.15) is 0 Å². The number of nitrogens with one attached hydrogen (secondary N) is 1. The standard InChI is InChI=1S/C12H12N2O2S/c1-16-11(15)10-4-2-9(3-5-10)8-14-12-13-6-7-17-12/h2-7H,8H2,1H3,(H,13,14). The van der Waals surface area contributed by atoms with Crippen LogP contribution in [0.3, 0.4) is 0 Å². The van der Waals surface area contributed by atoms with Gasteiger partial charge in [-0.1, -0.05) is 12.1 Å². The molecule has 0 unspecified atom stereocenters. The summed E-state index contributed by atoms with van der Waals surface area (Å²) < 4.78 is 4.63. The number of carbonyl (C=O) groups excluding carboxylic acids is 1. The second-order valence-corrected chi connectivity index (χ2v) is 4.27. The highest BCUT2D eigenvalue weighted by molar-refractivity contribution is 7.13. The van der Waals surface area contributed by atoms with E-state index >= 15 is 0 Å². The van der Waals surface area contributed by atoms with E-state index in [1.165, 1.54) is 7.11 Å². The number of hydrogen-bond donors (Lipinski definition) is 1. The van der Waals surface area contributed by atoms with Crippen molar-refractivity contribution in [1.82, 2.24) is 4.98 Å². The summed E-state index contributed by atoms with van der Waals surface area (Å²) in [4.78, 5) is 15.3. The van der Waals surface area contributed by atoms with Gasteiger partial charge in [0, 0.05) is 18.1 Å². The van der Waals surface area contributed by atoms with Crippen molar-refractivity contribution in [3.63, 3.8) is 0 Å². The van der Waals surface area contributed by atoms with Gasteiger partial charge < -0.3 is 10.1 Å². The summed E-state index contributed by atoms with van der Waals surface area (Å²) in [6.45, 7) is 0.689. The molecule has 5 heteroatoms. The molecule has 0 aliphatic heterocycles. The van der Waals surface area contributed by atoms with E-state index in [2.05, 4.69) is 15.0 Å². The molecule has 1 N–H and O–H groups in total. The fourth-order valence-electron chi connectivity index (χ4n) is 1.36. The number of carbonyl (C=O) groups is 1. The number of aromatic nitrogens is 1. The Morgan fingerprint density at radius 1 is 1.41 bits per heavy atom. The molecule has 2 rings (SSSR count). The van der Waals surface area contributed by atoms with Gasteiger partial charge in [-0.15, -0.1) is 11.3 Å². The molecule has 0 amide bonds. The Kier molecular flexibility index (Phi) is 3.72. The van der Waals surface area contributed by atoms with Crippen LogP contribution in [0, 0.1) is 0 Å². The van der Waals surface area contributed by atoms with Gasteiger partial charge in [-0.05, 0) is 17.7 Å². The number of hydrogen-bond acceptors (Lipinski definition) is 5. The molecule has 0 atom stereocenters. The lowest BCUT2D eigenvalue weighted by Gasteiger charge is -2.04. The van der Waals surface area contributed by atoms with Gasteiger partial charge in [0.2, 0.25) is 0 Å². The quantitative estimate of drug-likeness (QED) is 0.845. The minimum absolute atomic E-state index is 0.315. The van der Waals surface area contributed by atoms with E-state index in [1.54, 1.807) is 29.7 Å². The van der Waals surface area contributed by atoms with Crippen LogP contribution in [0.2, 0.25) is 0 Å². The Hall–Kier alpha value is -1.88. The van der Waals surface area contributed by atoms with Gasteiger partial charge in [-0.25, -0.2) is 9.78 Å². The van der Waals surface area contributed by atoms with Gasteiger partial charge in [0.15, 0.2) is 5.13 Å². The summed E-state index contributed by atoms with van der Waals surface area (Å²) in [6.07, 6.45) is 1.76. The van der Waals surface area contributed by atoms with E-state index in [9.17, 15) is 4.79 Å². The Labute approximate surface area is 103 Å². The summed E-state index contributed by atoms with van der Waals surface area (Å²) in [7, 11) is 1.38. The van der Waals surface area contributed by atoms with Gasteiger partial charge in [-0.3, -0.25) is 0 Å². The SMILES string of the molecule is COC(=O)c1ccc(CNc2nccs2)cc1. The van der Waals surface area contributed by atoms with Crippen molar-refractivity contribution in [1.29, 1.82) is 0 Å².